The average molecular weight is 523 g/mol. The van der Waals surface area contributed by atoms with Crippen molar-refractivity contribution in [1.29, 1.82) is 0 Å². The Labute approximate surface area is 201 Å². The lowest BCUT2D eigenvalue weighted by molar-refractivity contribution is -0.193. The number of alkyl halides is 6. The molecular weight excluding hydrogens is 500 g/mol. The van der Waals surface area contributed by atoms with Gasteiger partial charge in [0.1, 0.15) is 0 Å². The van der Waals surface area contributed by atoms with Gasteiger partial charge in [-0.05, 0) is 37.5 Å². The van der Waals surface area contributed by atoms with Crippen LogP contribution < -0.4 is 4.90 Å². The molecule has 36 heavy (non-hydrogen) atoms. The number of anilines is 1. The van der Waals surface area contributed by atoms with Crippen LogP contribution in [0.1, 0.15) is 25.0 Å². The van der Waals surface area contributed by atoms with Gasteiger partial charge in [0.15, 0.2) is 0 Å². The monoisotopic (exact) mass is 523 g/mol. The van der Waals surface area contributed by atoms with Gasteiger partial charge in [-0.25, -0.2) is 19.6 Å². The highest BCUT2D eigenvalue weighted by Crippen LogP contribution is 2.41. The molecular formula is C21H23F6N5O4. The molecule has 0 saturated carbocycles. The molecule has 198 valence electrons. The fraction of sp³-hybridized carbons (Fsp3) is 0.476. The van der Waals surface area contributed by atoms with E-state index in [1.54, 1.807) is 0 Å². The van der Waals surface area contributed by atoms with Crippen LogP contribution >= 0.6 is 0 Å². The molecule has 0 aromatic carbocycles. The first-order valence-electron chi connectivity index (χ1n) is 10.5. The van der Waals surface area contributed by atoms with E-state index in [2.05, 4.69) is 36.9 Å². The molecule has 9 nitrogen and oxygen atoms in total. The lowest BCUT2D eigenvalue weighted by Crippen LogP contribution is -2.64. The first-order chi connectivity index (χ1) is 16.7. The van der Waals surface area contributed by atoms with Gasteiger partial charge in [-0.1, -0.05) is 6.07 Å². The molecule has 0 unspecified atom stereocenters. The number of aromatic nitrogens is 3. The van der Waals surface area contributed by atoms with Crippen LogP contribution in [0.15, 0.2) is 42.9 Å². The Morgan fingerprint density at radius 3 is 1.67 bits per heavy atom. The van der Waals surface area contributed by atoms with E-state index >= 15 is 0 Å². The zero-order chi connectivity index (χ0) is 27.0. The molecule has 15 heteroatoms. The Hall–Kier alpha value is -3.49. The maximum Gasteiger partial charge on any atom is 0.490 e. The number of carbonyl (C=O) groups is 2. The van der Waals surface area contributed by atoms with Crippen molar-refractivity contribution in [3.63, 3.8) is 0 Å². The molecule has 2 aromatic rings. The Kier molecular flexibility index (Phi) is 9.55. The van der Waals surface area contributed by atoms with E-state index < -0.39 is 24.3 Å². The summed E-state index contributed by atoms with van der Waals surface area (Å²) in [6.45, 7) is 4.29. The van der Waals surface area contributed by atoms with E-state index in [1.807, 2.05) is 30.7 Å². The van der Waals surface area contributed by atoms with Crippen LogP contribution in [0.5, 0.6) is 0 Å². The first-order valence-corrected chi connectivity index (χ1v) is 10.5. The molecule has 2 N–H and O–H groups in total. The summed E-state index contributed by atoms with van der Waals surface area (Å²) in [4.78, 5) is 36.0. The van der Waals surface area contributed by atoms with Crippen LogP contribution in [0.2, 0.25) is 0 Å². The number of hydrogen-bond donors (Lipinski definition) is 2. The molecule has 0 bridgehead atoms. The van der Waals surface area contributed by atoms with Crippen LogP contribution in [0, 0.1) is 0 Å². The van der Waals surface area contributed by atoms with Gasteiger partial charge in [0, 0.05) is 50.3 Å². The summed E-state index contributed by atoms with van der Waals surface area (Å²) in [5.41, 5.74) is 1.46. The molecule has 0 aliphatic carbocycles. The van der Waals surface area contributed by atoms with Crippen molar-refractivity contribution in [3.05, 3.63) is 48.5 Å². The maximum absolute atomic E-state index is 10.6. The Morgan fingerprint density at radius 2 is 1.28 bits per heavy atom. The summed E-state index contributed by atoms with van der Waals surface area (Å²) in [7, 11) is 0. The lowest BCUT2D eigenvalue weighted by atomic mass is 9.76. The van der Waals surface area contributed by atoms with Crippen molar-refractivity contribution in [3.8, 4) is 0 Å². The number of pyridine rings is 1. The predicted octanol–water partition coefficient (Wildman–Crippen LogP) is 3.38. The van der Waals surface area contributed by atoms with E-state index in [0.717, 1.165) is 37.8 Å². The van der Waals surface area contributed by atoms with Crippen LogP contribution in [0.4, 0.5) is 32.3 Å². The van der Waals surface area contributed by atoms with E-state index in [-0.39, 0.29) is 0 Å². The summed E-state index contributed by atoms with van der Waals surface area (Å²) in [6, 6.07) is 8.03. The Bertz CT molecular complexity index is 960. The number of carboxylic acid groups (broad SMARTS) is 2. The van der Waals surface area contributed by atoms with Gasteiger partial charge < -0.3 is 15.1 Å². The standard InChI is InChI=1S/C17H21N5.2C2HF3O2/c1-2-8-18-15(4-1)14-21-11-5-17(6-12-21)7-13-22(17)16-19-9-3-10-20-16;2*3-2(4,5)1(6)7/h1-4,8-10H,5-7,11-14H2;2*(H,6,7). The van der Waals surface area contributed by atoms with Gasteiger partial charge in [-0.3, -0.25) is 9.88 Å². The van der Waals surface area contributed by atoms with E-state index in [9.17, 15) is 26.3 Å². The molecule has 2 fully saturated rings. The molecule has 2 aliphatic heterocycles. The van der Waals surface area contributed by atoms with Crippen molar-refractivity contribution in [2.45, 2.75) is 43.7 Å². The minimum absolute atomic E-state index is 0.294. The van der Waals surface area contributed by atoms with Gasteiger partial charge in [0.25, 0.3) is 0 Å². The minimum atomic E-state index is -5.08. The van der Waals surface area contributed by atoms with E-state index in [1.165, 1.54) is 19.3 Å². The van der Waals surface area contributed by atoms with Gasteiger partial charge in [-0.2, -0.15) is 26.3 Å². The highest BCUT2D eigenvalue weighted by molar-refractivity contribution is 5.73. The van der Waals surface area contributed by atoms with Gasteiger partial charge in [-0.15, -0.1) is 0 Å². The average Bonchev–Trinajstić information content (AvgIpc) is 2.80. The largest absolute Gasteiger partial charge is 0.490 e. The summed E-state index contributed by atoms with van der Waals surface area (Å²) in [5, 5.41) is 14.2. The minimum Gasteiger partial charge on any atom is -0.475 e. The number of rotatable bonds is 3. The van der Waals surface area contributed by atoms with Gasteiger partial charge >= 0.3 is 24.3 Å². The second-order valence-corrected chi connectivity index (χ2v) is 7.88. The molecule has 2 aliphatic rings. The van der Waals surface area contributed by atoms with E-state index in [0.29, 0.717) is 5.54 Å². The summed E-state index contributed by atoms with van der Waals surface area (Å²) in [6.07, 6.45) is -0.963. The maximum atomic E-state index is 10.6. The van der Waals surface area contributed by atoms with Crippen molar-refractivity contribution >= 4 is 17.9 Å². The number of piperidine rings is 1. The topological polar surface area (TPSA) is 120 Å². The molecule has 4 heterocycles. The summed E-state index contributed by atoms with van der Waals surface area (Å²) >= 11 is 0. The predicted molar refractivity (Wildman–Crippen MR) is 113 cm³/mol. The fourth-order valence-electron chi connectivity index (χ4n) is 3.65. The fourth-order valence-corrected chi connectivity index (χ4v) is 3.65. The second-order valence-electron chi connectivity index (χ2n) is 7.88. The van der Waals surface area contributed by atoms with Crippen molar-refractivity contribution in [1.82, 2.24) is 19.9 Å². The first kappa shape index (κ1) is 28.7. The second kappa shape index (κ2) is 12.0. The van der Waals surface area contributed by atoms with E-state index in [4.69, 9.17) is 19.8 Å². The molecule has 4 rings (SSSR count). The van der Waals surface area contributed by atoms with Crippen molar-refractivity contribution < 1.29 is 46.1 Å². The molecule has 1 spiro atoms. The van der Waals surface area contributed by atoms with Crippen molar-refractivity contribution in [2.24, 2.45) is 0 Å². The molecule has 0 atom stereocenters. The van der Waals surface area contributed by atoms with Crippen LogP contribution in [-0.4, -0.2) is 79.5 Å². The molecule has 2 aromatic heterocycles. The third kappa shape index (κ3) is 8.32. The molecule has 2 saturated heterocycles. The van der Waals surface area contributed by atoms with Crippen LogP contribution in [0.25, 0.3) is 0 Å². The third-order valence-electron chi connectivity index (χ3n) is 5.55. The molecule has 0 amide bonds. The summed E-state index contributed by atoms with van der Waals surface area (Å²) in [5.74, 6) is -4.62. The van der Waals surface area contributed by atoms with Crippen molar-refractivity contribution in [2.75, 3.05) is 24.5 Å². The number of aliphatic carboxylic acids is 2. The Morgan fingerprint density at radius 1 is 0.806 bits per heavy atom. The number of hydrogen-bond acceptors (Lipinski definition) is 7. The lowest BCUT2D eigenvalue weighted by Gasteiger charge is -2.56. The third-order valence-corrected chi connectivity index (χ3v) is 5.55. The van der Waals surface area contributed by atoms with Gasteiger partial charge in [0.05, 0.1) is 5.69 Å². The SMILES string of the molecule is O=C(O)C(F)(F)F.O=C(O)C(F)(F)F.c1ccc(CN2CCC3(CC2)CCN3c2ncccn2)nc1. The zero-order valence-electron chi connectivity index (χ0n) is 18.7. The zero-order valence-corrected chi connectivity index (χ0v) is 18.7. The summed E-state index contributed by atoms with van der Waals surface area (Å²) < 4.78 is 63.5. The Balaban J connectivity index is 0.000000271. The smallest absolute Gasteiger partial charge is 0.475 e. The van der Waals surface area contributed by atoms with Crippen LogP contribution in [-0.2, 0) is 16.1 Å². The number of likely N-dealkylation sites (tertiary alicyclic amines) is 1. The number of halogens is 6. The highest BCUT2D eigenvalue weighted by atomic mass is 19.4. The molecule has 0 radical (unpaired) electrons. The number of carboxylic acids is 2. The quantitative estimate of drug-likeness (QED) is 0.584. The van der Waals surface area contributed by atoms with Crippen LogP contribution in [0.3, 0.4) is 0 Å². The highest BCUT2D eigenvalue weighted by Gasteiger charge is 2.47. The normalized spacial score (nSPS) is 17.1. The number of nitrogens with zero attached hydrogens (tertiary/aromatic N) is 5. The van der Waals surface area contributed by atoms with Gasteiger partial charge in [0.2, 0.25) is 5.95 Å².